The Morgan fingerprint density at radius 2 is 1.03 bits per heavy atom. The standard InChI is InChI=1S/C29H25NO2/c1-4-29(31)32-28-19-17-27(18-20-28)30(25-13-7-22(3)8-14-25)26-15-11-24(12-16-26)23-9-5-21(2)6-10-23/h4-20H,1H2,2-3H3. The molecule has 4 rings (SSSR count). The number of rotatable bonds is 6. The van der Waals surface area contributed by atoms with Crippen LogP contribution in [0.1, 0.15) is 11.1 Å². The summed E-state index contributed by atoms with van der Waals surface area (Å²) in [5.41, 5.74) is 7.88. The van der Waals surface area contributed by atoms with Gasteiger partial charge in [0.1, 0.15) is 5.75 Å². The van der Waals surface area contributed by atoms with Gasteiger partial charge in [-0.15, -0.1) is 0 Å². The summed E-state index contributed by atoms with van der Waals surface area (Å²) in [6, 6.07) is 33.0. The highest BCUT2D eigenvalue weighted by atomic mass is 16.5. The lowest BCUT2D eigenvalue weighted by atomic mass is 10.0. The predicted molar refractivity (Wildman–Crippen MR) is 132 cm³/mol. The van der Waals surface area contributed by atoms with Crippen molar-refractivity contribution in [1.82, 2.24) is 0 Å². The fourth-order valence-corrected chi connectivity index (χ4v) is 3.51. The third kappa shape index (κ3) is 4.79. The van der Waals surface area contributed by atoms with E-state index in [0.717, 1.165) is 23.1 Å². The number of esters is 1. The quantitative estimate of drug-likeness (QED) is 0.184. The van der Waals surface area contributed by atoms with Crippen molar-refractivity contribution in [3.63, 3.8) is 0 Å². The SMILES string of the molecule is C=CC(=O)Oc1ccc(N(c2ccc(C)cc2)c2ccc(-c3ccc(C)cc3)cc2)cc1. The van der Waals surface area contributed by atoms with Crippen LogP contribution in [-0.2, 0) is 4.79 Å². The number of hydrogen-bond acceptors (Lipinski definition) is 3. The second kappa shape index (κ2) is 9.36. The highest BCUT2D eigenvalue weighted by molar-refractivity contribution is 5.84. The van der Waals surface area contributed by atoms with Crippen LogP contribution < -0.4 is 9.64 Å². The summed E-state index contributed by atoms with van der Waals surface area (Å²) in [6.45, 7) is 7.61. The summed E-state index contributed by atoms with van der Waals surface area (Å²) in [4.78, 5) is 13.7. The molecule has 0 aliphatic carbocycles. The van der Waals surface area contributed by atoms with Gasteiger partial charge < -0.3 is 9.64 Å². The zero-order valence-corrected chi connectivity index (χ0v) is 18.3. The summed E-state index contributed by atoms with van der Waals surface area (Å²) < 4.78 is 5.22. The molecule has 4 aromatic carbocycles. The van der Waals surface area contributed by atoms with Crippen LogP contribution in [0.5, 0.6) is 5.75 Å². The Labute approximate surface area is 189 Å². The van der Waals surface area contributed by atoms with Crippen molar-refractivity contribution in [3.05, 3.63) is 121 Å². The van der Waals surface area contributed by atoms with Gasteiger partial charge in [0.05, 0.1) is 0 Å². The molecule has 3 heteroatoms. The average Bonchev–Trinajstić information content (AvgIpc) is 2.82. The Hall–Kier alpha value is -4.11. The Bertz CT molecular complexity index is 1210. The van der Waals surface area contributed by atoms with E-state index in [1.165, 1.54) is 22.3 Å². The Morgan fingerprint density at radius 3 is 1.50 bits per heavy atom. The molecule has 3 nitrogen and oxygen atoms in total. The van der Waals surface area contributed by atoms with Crippen LogP contribution in [0.4, 0.5) is 17.1 Å². The molecular formula is C29H25NO2. The number of benzene rings is 4. The Balaban J connectivity index is 1.70. The number of anilines is 3. The molecule has 0 atom stereocenters. The molecule has 0 fully saturated rings. The van der Waals surface area contributed by atoms with Crippen molar-refractivity contribution < 1.29 is 9.53 Å². The molecular weight excluding hydrogens is 394 g/mol. The second-order valence-electron chi connectivity index (χ2n) is 7.70. The first kappa shape index (κ1) is 21.1. The highest BCUT2D eigenvalue weighted by Gasteiger charge is 2.13. The van der Waals surface area contributed by atoms with Gasteiger partial charge in [-0.25, -0.2) is 4.79 Å². The van der Waals surface area contributed by atoms with Crippen LogP contribution in [0.25, 0.3) is 11.1 Å². The molecule has 158 valence electrons. The number of aryl methyl sites for hydroxylation is 2. The fraction of sp³-hybridized carbons (Fsp3) is 0.0690. The largest absolute Gasteiger partial charge is 0.423 e. The van der Waals surface area contributed by atoms with E-state index in [1.807, 2.05) is 12.1 Å². The lowest BCUT2D eigenvalue weighted by Crippen LogP contribution is -2.10. The van der Waals surface area contributed by atoms with Gasteiger partial charge in [-0.05, 0) is 73.5 Å². The normalized spacial score (nSPS) is 10.4. The van der Waals surface area contributed by atoms with Crippen molar-refractivity contribution in [2.75, 3.05) is 4.90 Å². The molecule has 0 saturated heterocycles. The number of carbonyl (C=O) groups excluding carboxylic acids is 1. The van der Waals surface area contributed by atoms with Crippen molar-refractivity contribution in [3.8, 4) is 16.9 Å². The van der Waals surface area contributed by atoms with Crippen LogP contribution >= 0.6 is 0 Å². The van der Waals surface area contributed by atoms with Crippen LogP contribution in [0.3, 0.4) is 0 Å². The molecule has 0 saturated carbocycles. The first-order valence-corrected chi connectivity index (χ1v) is 10.5. The van der Waals surface area contributed by atoms with Crippen molar-refractivity contribution in [1.29, 1.82) is 0 Å². The fourth-order valence-electron chi connectivity index (χ4n) is 3.51. The minimum Gasteiger partial charge on any atom is -0.423 e. The van der Waals surface area contributed by atoms with Crippen LogP contribution in [-0.4, -0.2) is 5.97 Å². The zero-order chi connectivity index (χ0) is 22.5. The monoisotopic (exact) mass is 419 g/mol. The minimum atomic E-state index is -0.472. The number of ether oxygens (including phenoxy) is 1. The molecule has 0 N–H and O–H groups in total. The molecule has 0 bridgehead atoms. The molecule has 0 aliphatic rings. The van der Waals surface area contributed by atoms with E-state index >= 15 is 0 Å². The lowest BCUT2D eigenvalue weighted by molar-refractivity contribution is -0.128. The van der Waals surface area contributed by atoms with Crippen LogP contribution in [0, 0.1) is 13.8 Å². The number of hydrogen-bond donors (Lipinski definition) is 0. The highest BCUT2D eigenvalue weighted by Crippen LogP contribution is 2.36. The lowest BCUT2D eigenvalue weighted by Gasteiger charge is -2.26. The maximum Gasteiger partial charge on any atom is 0.335 e. The molecule has 4 aromatic rings. The second-order valence-corrected chi connectivity index (χ2v) is 7.70. The summed E-state index contributed by atoms with van der Waals surface area (Å²) >= 11 is 0. The zero-order valence-electron chi connectivity index (χ0n) is 18.3. The van der Waals surface area contributed by atoms with E-state index < -0.39 is 5.97 Å². The molecule has 0 unspecified atom stereocenters. The number of nitrogens with zero attached hydrogens (tertiary/aromatic N) is 1. The third-order valence-corrected chi connectivity index (χ3v) is 5.28. The van der Waals surface area contributed by atoms with Crippen molar-refractivity contribution >= 4 is 23.0 Å². The van der Waals surface area contributed by atoms with Gasteiger partial charge >= 0.3 is 5.97 Å². The van der Waals surface area contributed by atoms with E-state index in [0.29, 0.717) is 5.75 Å². The topological polar surface area (TPSA) is 29.5 Å². The molecule has 0 aromatic heterocycles. The van der Waals surface area contributed by atoms with E-state index in [4.69, 9.17) is 4.74 Å². The van der Waals surface area contributed by atoms with Crippen LogP contribution in [0.2, 0.25) is 0 Å². The summed E-state index contributed by atoms with van der Waals surface area (Å²) in [7, 11) is 0. The molecule has 0 amide bonds. The molecule has 0 radical (unpaired) electrons. The van der Waals surface area contributed by atoms with Crippen molar-refractivity contribution in [2.45, 2.75) is 13.8 Å². The maximum absolute atomic E-state index is 11.5. The third-order valence-electron chi connectivity index (χ3n) is 5.28. The predicted octanol–water partition coefficient (Wildman–Crippen LogP) is 7.53. The van der Waals surface area contributed by atoms with Gasteiger partial charge in [0.2, 0.25) is 0 Å². The number of carbonyl (C=O) groups is 1. The Morgan fingerprint density at radius 1 is 0.656 bits per heavy atom. The van der Waals surface area contributed by atoms with Gasteiger partial charge in [0, 0.05) is 23.1 Å². The van der Waals surface area contributed by atoms with E-state index in [1.54, 1.807) is 12.1 Å². The van der Waals surface area contributed by atoms with Gasteiger partial charge in [0.15, 0.2) is 0 Å². The summed E-state index contributed by atoms with van der Waals surface area (Å²) in [6.07, 6.45) is 1.15. The molecule has 32 heavy (non-hydrogen) atoms. The smallest absolute Gasteiger partial charge is 0.335 e. The average molecular weight is 420 g/mol. The van der Waals surface area contributed by atoms with Gasteiger partial charge in [-0.3, -0.25) is 0 Å². The van der Waals surface area contributed by atoms with Crippen molar-refractivity contribution in [2.24, 2.45) is 0 Å². The molecule has 0 aliphatic heterocycles. The van der Waals surface area contributed by atoms with E-state index in [-0.39, 0.29) is 0 Å². The maximum atomic E-state index is 11.5. The van der Waals surface area contributed by atoms with Gasteiger partial charge in [-0.2, -0.15) is 0 Å². The summed E-state index contributed by atoms with van der Waals surface area (Å²) in [5.74, 6) is 0.0112. The molecule has 0 spiro atoms. The van der Waals surface area contributed by atoms with Gasteiger partial charge in [0.25, 0.3) is 0 Å². The van der Waals surface area contributed by atoms with Gasteiger partial charge in [-0.1, -0.05) is 66.2 Å². The first-order chi connectivity index (χ1) is 15.5. The summed E-state index contributed by atoms with van der Waals surface area (Å²) in [5, 5.41) is 0. The Kier molecular flexibility index (Phi) is 6.18. The molecule has 0 heterocycles. The van der Waals surface area contributed by atoms with E-state index in [2.05, 4.69) is 98.1 Å². The van der Waals surface area contributed by atoms with E-state index in [9.17, 15) is 4.79 Å². The minimum absolute atomic E-state index is 0.472. The first-order valence-electron chi connectivity index (χ1n) is 10.5. The van der Waals surface area contributed by atoms with Crippen LogP contribution in [0.15, 0.2) is 110 Å².